The number of fused-ring (bicyclic) bond motifs is 1. The molecule has 0 fully saturated rings. The molecule has 26 heavy (non-hydrogen) atoms. The van der Waals surface area contributed by atoms with Gasteiger partial charge in [0, 0.05) is 5.39 Å². The Hall–Kier alpha value is -3.15. The Balaban J connectivity index is 1.77. The molecule has 0 radical (unpaired) electrons. The Kier molecular flexibility index (Phi) is 5.31. The third-order valence-electron chi connectivity index (χ3n) is 4.36. The zero-order chi connectivity index (χ0) is 18.5. The zero-order valence-corrected chi connectivity index (χ0v) is 14.8. The van der Waals surface area contributed by atoms with Crippen LogP contribution in [-0.4, -0.2) is 23.2 Å². The topological polar surface area (TPSA) is 84.1 Å². The summed E-state index contributed by atoms with van der Waals surface area (Å²) in [5.41, 5.74) is 1.32. The molecule has 6 heteroatoms. The van der Waals surface area contributed by atoms with Crippen LogP contribution in [0.25, 0.3) is 10.8 Å². The van der Waals surface area contributed by atoms with Crippen LogP contribution in [0.5, 0.6) is 5.75 Å². The number of carbonyl (C=O) groups excluding carboxylic acids is 1. The number of benzene rings is 2. The molecular formula is C20H21N3O3. The minimum atomic E-state index is -0.255. The molecule has 0 saturated carbocycles. The number of ether oxygens (including phenoxy) is 1. The van der Waals surface area contributed by atoms with Crippen molar-refractivity contribution >= 4 is 16.7 Å². The van der Waals surface area contributed by atoms with Gasteiger partial charge < -0.3 is 10.1 Å². The van der Waals surface area contributed by atoms with Gasteiger partial charge in [-0.25, -0.2) is 5.10 Å². The zero-order valence-electron chi connectivity index (χ0n) is 14.8. The lowest BCUT2D eigenvalue weighted by Crippen LogP contribution is -2.30. The van der Waals surface area contributed by atoms with Crippen molar-refractivity contribution in [3.05, 3.63) is 70.1 Å². The summed E-state index contributed by atoms with van der Waals surface area (Å²) >= 11 is 0. The number of aromatic amines is 1. The van der Waals surface area contributed by atoms with Crippen LogP contribution < -0.4 is 15.6 Å². The second-order valence-corrected chi connectivity index (χ2v) is 6.02. The number of aromatic nitrogens is 2. The predicted molar refractivity (Wildman–Crippen MR) is 100 cm³/mol. The molecule has 2 N–H and O–H groups in total. The summed E-state index contributed by atoms with van der Waals surface area (Å²) in [7, 11) is 1.62. The molecule has 1 aromatic heterocycles. The SMILES string of the molecule is CC[C@H](NC(=O)Cc1n[nH]c(=O)c2ccccc12)c1ccc(OC)cc1. The third kappa shape index (κ3) is 3.74. The van der Waals surface area contributed by atoms with Crippen molar-refractivity contribution in [1.82, 2.24) is 15.5 Å². The molecule has 0 bridgehead atoms. The van der Waals surface area contributed by atoms with Crippen LogP contribution >= 0.6 is 0 Å². The molecule has 1 atom stereocenters. The lowest BCUT2D eigenvalue weighted by atomic mass is 10.0. The van der Waals surface area contributed by atoms with Crippen molar-refractivity contribution in [2.45, 2.75) is 25.8 Å². The van der Waals surface area contributed by atoms with Crippen molar-refractivity contribution in [3.8, 4) is 5.75 Å². The van der Waals surface area contributed by atoms with E-state index in [1.165, 1.54) is 0 Å². The van der Waals surface area contributed by atoms with E-state index in [2.05, 4.69) is 15.5 Å². The fraction of sp³-hybridized carbons (Fsp3) is 0.250. The first-order valence-corrected chi connectivity index (χ1v) is 8.52. The molecule has 0 aliphatic carbocycles. The van der Waals surface area contributed by atoms with Gasteiger partial charge in [0.15, 0.2) is 0 Å². The summed E-state index contributed by atoms with van der Waals surface area (Å²) in [4.78, 5) is 24.4. The number of carbonyl (C=O) groups is 1. The number of nitrogens with zero attached hydrogens (tertiary/aromatic N) is 1. The van der Waals surface area contributed by atoms with Crippen molar-refractivity contribution in [1.29, 1.82) is 0 Å². The van der Waals surface area contributed by atoms with E-state index in [9.17, 15) is 9.59 Å². The van der Waals surface area contributed by atoms with Crippen LogP contribution in [0.3, 0.4) is 0 Å². The number of rotatable bonds is 6. The Bertz CT molecular complexity index is 964. The first-order chi connectivity index (χ1) is 12.6. The van der Waals surface area contributed by atoms with Gasteiger partial charge in [-0.2, -0.15) is 5.10 Å². The highest BCUT2D eigenvalue weighted by Gasteiger charge is 2.15. The number of amides is 1. The number of hydrogen-bond donors (Lipinski definition) is 2. The van der Waals surface area contributed by atoms with Crippen LogP contribution in [-0.2, 0) is 11.2 Å². The molecule has 0 unspecified atom stereocenters. The average molecular weight is 351 g/mol. The number of methoxy groups -OCH3 is 1. The standard InChI is InChI=1S/C20H21N3O3/c1-3-17(13-8-10-14(26-2)11-9-13)21-19(24)12-18-15-6-4-5-7-16(15)20(25)23-22-18/h4-11,17H,3,12H2,1-2H3,(H,21,24)(H,23,25)/t17-/m0/s1. The molecule has 2 aromatic carbocycles. The maximum Gasteiger partial charge on any atom is 0.272 e. The number of hydrogen-bond acceptors (Lipinski definition) is 4. The quantitative estimate of drug-likeness (QED) is 0.715. The van der Waals surface area contributed by atoms with Gasteiger partial charge in [0.2, 0.25) is 5.91 Å². The smallest absolute Gasteiger partial charge is 0.272 e. The summed E-state index contributed by atoms with van der Waals surface area (Å²) in [6.45, 7) is 2.02. The summed E-state index contributed by atoms with van der Waals surface area (Å²) in [5.74, 6) is 0.635. The summed E-state index contributed by atoms with van der Waals surface area (Å²) in [5, 5.41) is 10.8. The van der Waals surface area contributed by atoms with E-state index in [0.717, 1.165) is 17.7 Å². The first-order valence-electron chi connectivity index (χ1n) is 8.52. The van der Waals surface area contributed by atoms with Crippen LogP contribution in [0.15, 0.2) is 53.3 Å². The largest absolute Gasteiger partial charge is 0.497 e. The van der Waals surface area contributed by atoms with Gasteiger partial charge in [-0.15, -0.1) is 0 Å². The molecule has 0 saturated heterocycles. The van der Waals surface area contributed by atoms with Gasteiger partial charge in [0.05, 0.1) is 30.7 Å². The Labute approximate surface area is 151 Å². The molecular weight excluding hydrogens is 330 g/mol. The fourth-order valence-electron chi connectivity index (χ4n) is 2.96. The van der Waals surface area contributed by atoms with E-state index in [1.807, 2.05) is 37.3 Å². The highest BCUT2D eigenvalue weighted by Crippen LogP contribution is 2.20. The van der Waals surface area contributed by atoms with Crippen molar-refractivity contribution < 1.29 is 9.53 Å². The van der Waals surface area contributed by atoms with Gasteiger partial charge in [-0.3, -0.25) is 9.59 Å². The van der Waals surface area contributed by atoms with Gasteiger partial charge in [0.1, 0.15) is 5.75 Å². The van der Waals surface area contributed by atoms with E-state index in [4.69, 9.17) is 4.74 Å². The maximum atomic E-state index is 12.5. The first kappa shape index (κ1) is 17.7. The molecule has 0 aliphatic rings. The monoisotopic (exact) mass is 351 g/mol. The molecule has 0 spiro atoms. The van der Waals surface area contributed by atoms with Crippen molar-refractivity contribution in [3.63, 3.8) is 0 Å². The lowest BCUT2D eigenvalue weighted by molar-refractivity contribution is -0.121. The maximum absolute atomic E-state index is 12.5. The Morgan fingerprint density at radius 3 is 2.50 bits per heavy atom. The fourth-order valence-corrected chi connectivity index (χ4v) is 2.96. The van der Waals surface area contributed by atoms with Gasteiger partial charge >= 0.3 is 0 Å². The molecule has 3 aromatic rings. The highest BCUT2D eigenvalue weighted by molar-refractivity contribution is 5.88. The number of nitrogens with one attached hydrogen (secondary N) is 2. The molecule has 3 rings (SSSR count). The third-order valence-corrected chi connectivity index (χ3v) is 4.36. The van der Waals surface area contributed by atoms with E-state index >= 15 is 0 Å². The van der Waals surface area contributed by atoms with Gasteiger partial charge in [-0.1, -0.05) is 37.3 Å². The van der Waals surface area contributed by atoms with Crippen molar-refractivity contribution in [2.24, 2.45) is 0 Å². The van der Waals surface area contributed by atoms with Crippen LogP contribution in [0.4, 0.5) is 0 Å². The van der Waals surface area contributed by atoms with Crippen molar-refractivity contribution in [2.75, 3.05) is 7.11 Å². The Morgan fingerprint density at radius 2 is 1.85 bits per heavy atom. The van der Waals surface area contributed by atoms with Crippen LogP contribution in [0.2, 0.25) is 0 Å². The summed E-state index contributed by atoms with van der Waals surface area (Å²) in [6.07, 6.45) is 0.863. The van der Waals surface area contributed by atoms with E-state index in [1.54, 1.807) is 25.3 Å². The second kappa shape index (κ2) is 7.82. The molecule has 1 amide bonds. The molecule has 134 valence electrons. The molecule has 1 heterocycles. The Morgan fingerprint density at radius 1 is 1.15 bits per heavy atom. The van der Waals surface area contributed by atoms with E-state index < -0.39 is 0 Å². The summed E-state index contributed by atoms with van der Waals surface area (Å²) in [6, 6.07) is 14.7. The minimum Gasteiger partial charge on any atom is -0.497 e. The average Bonchev–Trinajstić information content (AvgIpc) is 2.68. The van der Waals surface area contributed by atoms with E-state index in [-0.39, 0.29) is 23.9 Å². The predicted octanol–water partition coefficient (Wildman–Crippen LogP) is 2.74. The van der Waals surface area contributed by atoms with Crippen LogP contribution in [0, 0.1) is 0 Å². The highest BCUT2D eigenvalue weighted by atomic mass is 16.5. The van der Waals surface area contributed by atoms with Crippen LogP contribution in [0.1, 0.15) is 30.6 Å². The summed E-state index contributed by atoms with van der Waals surface area (Å²) < 4.78 is 5.17. The molecule has 0 aliphatic heterocycles. The normalized spacial score (nSPS) is 11.9. The van der Waals surface area contributed by atoms with Gasteiger partial charge in [0.25, 0.3) is 5.56 Å². The lowest BCUT2D eigenvalue weighted by Gasteiger charge is -2.18. The second-order valence-electron chi connectivity index (χ2n) is 6.02. The van der Waals surface area contributed by atoms with E-state index in [0.29, 0.717) is 16.5 Å². The minimum absolute atomic E-state index is 0.0950. The molecule has 6 nitrogen and oxygen atoms in total. The number of H-pyrrole nitrogens is 1. The van der Waals surface area contributed by atoms with Gasteiger partial charge in [-0.05, 0) is 30.2 Å².